The van der Waals surface area contributed by atoms with Gasteiger partial charge in [0, 0.05) is 6.61 Å². The smallest absolute Gasteiger partial charge is 0.196 e. The summed E-state index contributed by atoms with van der Waals surface area (Å²) in [4.78, 5) is 0. The van der Waals surface area contributed by atoms with E-state index in [0.29, 0.717) is 18.3 Å². The van der Waals surface area contributed by atoms with Crippen molar-refractivity contribution in [2.45, 2.75) is 57.7 Å². The van der Waals surface area contributed by atoms with Crippen LogP contribution in [0.4, 0.5) is 0 Å². The third-order valence-corrected chi connectivity index (χ3v) is 5.18. The number of rotatable bonds is 8. The lowest BCUT2D eigenvalue weighted by molar-refractivity contribution is -0.0613. The first-order chi connectivity index (χ1) is 12.0. The summed E-state index contributed by atoms with van der Waals surface area (Å²) in [6.45, 7) is 6.82. The van der Waals surface area contributed by atoms with Crippen molar-refractivity contribution in [3.63, 3.8) is 0 Å². The highest BCUT2D eigenvalue weighted by Gasteiger charge is 2.44. The highest BCUT2D eigenvalue weighted by atomic mass is 16.7. The third-order valence-electron chi connectivity index (χ3n) is 5.18. The minimum Gasteiger partial charge on any atom is -0.508 e. The molecule has 1 saturated carbocycles. The minimum absolute atomic E-state index is 0.225. The first-order valence-electron chi connectivity index (χ1n) is 9.20. The van der Waals surface area contributed by atoms with Gasteiger partial charge in [0.2, 0.25) is 0 Å². The van der Waals surface area contributed by atoms with Crippen LogP contribution in [-0.2, 0) is 10.2 Å². The van der Waals surface area contributed by atoms with Gasteiger partial charge in [-0.3, -0.25) is 0 Å². The maximum Gasteiger partial charge on any atom is 0.196 e. The molecule has 3 heteroatoms. The summed E-state index contributed by atoms with van der Waals surface area (Å²) < 4.78 is 11.2. The van der Waals surface area contributed by atoms with Crippen LogP contribution < -0.4 is 4.74 Å². The van der Waals surface area contributed by atoms with E-state index in [2.05, 4.69) is 31.2 Å². The highest BCUT2D eigenvalue weighted by Crippen LogP contribution is 2.54. The Morgan fingerprint density at radius 1 is 1.00 bits per heavy atom. The molecule has 3 nitrogen and oxygen atoms in total. The zero-order valence-electron chi connectivity index (χ0n) is 15.4. The first-order valence-corrected chi connectivity index (χ1v) is 9.20. The zero-order valence-corrected chi connectivity index (χ0v) is 15.4. The molecule has 0 spiro atoms. The van der Waals surface area contributed by atoms with Crippen molar-refractivity contribution in [3.8, 4) is 11.5 Å². The topological polar surface area (TPSA) is 38.7 Å². The number of phenols is 1. The Morgan fingerprint density at radius 2 is 1.64 bits per heavy atom. The average Bonchev–Trinajstić information content (AvgIpc) is 3.37. The van der Waals surface area contributed by atoms with Crippen molar-refractivity contribution in [1.82, 2.24) is 0 Å². The van der Waals surface area contributed by atoms with E-state index in [-0.39, 0.29) is 11.7 Å². The number of benzene rings is 2. The maximum atomic E-state index is 9.50. The van der Waals surface area contributed by atoms with Gasteiger partial charge in [0.1, 0.15) is 11.5 Å². The molecule has 1 aliphatic rings. The molecule has 0 saturated heterocycles. The molecule has 1 aliphatic carbocycles. The molecule has 0 radical (unpaired) electrons. The van der Waals surface area contributed by atoms with Gasteiger partial charge in [-0.2, -0.15) is 0 Å². The second kappa shape index (κ2) is 7.49. The first kappa shape index (κ1) is 17.8. The molecule has 0 bridgehead atoms. The Labute approximate surface area is 150 Å². The van der Waals surface area contributed by atoms with E-state index in [9.17, 15) is 5.11 Å². The lowest BCUT2D eigenvalue weighted by Crippen LogP contribution is -2.16. The largest absolute Gasteiger partial charge is 0.508 e. The third kappa shape index (κ3) is 4.35. The summed E-state index contributed by atoms with van der Waals surface area (Å²) >= 11 is 0. The van der Waals surface area contributed by atoms with E-state index < -0.39 is 0 Å². The van der Waals surface area contributed by atoms with E-state index in [4.69, 9.17) is 9.47 Å². The van der Waals surface area contributed by atoms with Gasteiger partial charge in [-0.15, -0.1) is 0 Å². The summed E-state index contributed by atoms with van der Waals surface area (Å²) in [7, 11) is 0. The molecule has 0 heterocycles. The monoisotopic (exact) mass is 340 g/mol. The Hall–Kier alpha value is -2.00. The predicted molar refractivity (Wildman–Crippen MR) is 100 cm³/mol. The van der Waals surface area contributed by atoms with Crippen molar-refractivity contribution >= 4 is 0 Å². The fourth-order valence-corrected chi connectivity index (χ4v) is 3.62. The van der Waals surface area contributed by atoms with E-state index in [0.717, 1.165) is 12.2 Å². The molecular weight excluding hydrogens is 312 g/mol. The Morgan fingerprint density at radius 3 is 2.20 bits per heavy atom. The summed E-state index contributed by atoms with van der Waals surface area (Å²) in [6, 6.07) is 16.1. The molecule has 1 fully saturated rings. The lowest BCUT2D eigenvalue weighted by Gasteiger charge is -2.22. The van der Waals surface area contributed by atoms with Crippen LogP contribution in [0.1, 0.15) is 57.1 Å². The fraction of sp³-hybridized carbons (Fsp3) is 0.455. The van der Waals surface area contributed by atoms with Gasteiger partial charge in [-0.1, -0.05) is 31.2 Å². The Bertz CT molecular complexity index is 671. The number of ether oxygens (including phenoxy) is 2. The molecule has 2 atom stereocenters. The summed E-state index contributed by atoms with van der Waals surface area (Å²) in [6.07, 6.45) is 3.37. The number of aromatic hydroxyl groups is 1. The van der Waals surface area contributed by atoms with Crippen LogP contribution in [0.25, 0.3) is 0 Å². The van der Waals surface area contributed by atoms with Crippen LogP contribution in [0.15, 0.2) is 48.5 Å². The lowest BCUT2D eigenvalue weighted by atomic mass is 9.83. The van der Waals surface area contributed by atoms with Crippen LogP contribution in [0.3, 0.4) is 0 Å². The quantitative estimate of drug-likeness (QED) is 0.656. The van der Waals surface area contributed by atoms with Crippen molar-refractivity contribution in [3.05, 3.63) is 59.7 Å². The Balaban J connectivity index is 1.63. The van der Waals surface area contributed by atoms with E-state index >= 15 is 0 Å². The fourth-order valence-electron chi connectivity index (χ4n) is 3.62. The standard InChI is InChI=1S/C22H28O3/c1-4-24-17(3)25-21-11-5-18(6-12-21)16(2)15-22(13-14-22)19-7-9-20(23)10-8-19/h5-12,16-17,23H,4,13-15H2,1-3H3. The van der Waals surface area contributed by atoms with Gasteiger partial charge in [0.25, 0.3) is 0 Å². The van der Waals surface area contributed by atoms with Crippen LogP contribution in [-0.4, -0.2) is 18.0 Å². The second-order valence-electron chi connectivity index (χ2n) is 7.14. The molecule has 1 N–H and O–H groups in total. The normalized spacial score (nSPS) is 17.7. The number of phenolic OH excluding ortho intramolecular Hbond substituents is 1. The van der Waals surface area contributed by atoms with E-state index in [1.54, 1.807) is 12.1 Å². The van der Waals surface area contributed by atoms with Crippen LogP contribution in [0, 0.1) is 0 Å². The predicted octanol–water partition coefficient (Wildman–Crippen LogP) is 5.38. The van der Waals surface area contributed by atoms with Gasteiger partial charge in [0.15, 0.2) is 6.29 Å². The molecule has 3 rings (SSSR count). The summed E-state index contributed by atoms with van der Waals surface area (Å²) in [5, 5.41) is 9.50. The molecule has 0 aliphatic heterocycles. The van der Waals surface area contributed by atoms with Crippen molar-refractivity contribution in [2.75, 3.05) is 6.61 Å². The minimum atomic E-state index is -0.225. The highest BCUT2D eigenvalue weighted by molar-refractivity contribution is 5.37. The Kier molecular flexibility index (Phi) is 5.33. The SMILES string of the molecule is CCOC(C)Oc1ccc(C(C)CC2(c3ccc(O)cc3)CC2)cc1. The van der Waals surface area contributed by atoms with Gasteiger partial charge in [-0.25, -0.2) is 0 Å². The van der Waals surface area contributed by atoms with Gasteiger partial charge < -0.3 is 14.6 Å². The molecule has 134 valence electrons. The number of hydrogen-bond acceptors (Lipinski definition) is 3. The summed E-state index contributed by atoms with van der Waals surface area (Å²) in [5.74, 6) is 1.66. The molecular formula is C22H28O3. The zero-order chi connectivity index (χ0) is 17.9. The summed E-state index contributed by atoms with van der Waals surface area (Å²) in [5.41, 5.74) is 2.97. The molecule has 25 heavy (non-hydrogen) atoms. The maximum absolute atomic E-state index is 9.50. The molecule has 2 unspecified atom stereocenters. The molecule has 0 amide bonds. The van der Waals surface area contributed by atoms with Crippen LogP contribution in [0.5, 0.6) is 11.5 Å². The van der Waals surface area contributed by atoms with Crippen molar-refractivity contribution < 1.29 is 14.6 Å². The molecule has 2 aromatic carbocycles. The molecule has 2 aromatic rings. The number of hydrogen-bond donors (Lipinski definition) is 1. The second-order valence-corrected chi connectivity index (χ2v) is 7.14. The van der Waals surface area contributed by atoms with E-state index in [1.165, 1.54) is 24.0 Å². The molecule has 0 aromatic heterocycles. The average molecular weight is 340 g/mol. The van der Waals surface area contributed by atoms with Crippen LogP contribution >= 0.6 is 0 Å². The van der Waals surface area contributed by atoms with Crippen molar-refractivity contribution in [1.29, 1.82) is 0 Å². The van der Waals surface area contributed by atoms with Crippen molar-refractivity contribution in [2.24, 2.45) is 0 Å². The van der Waals surface area contributed by atoms with Gasteiger partial charge in [0.05, 0.1) is 0 Å². The van der Waals surface area contributed by atoms with Crippen LogP contribution in [0.2, 0.25) is 0 Å². The van der Waals surface area contributed by atoms with Gasteiger partial charge >= 0.3 is 0 Å². The van der Waals surface area contributed by atoms with E-state index in [1.807, 2.05) is 26.0 Å². The van der Waals surface area contributed by atoms with Gasteiger partial charge in [-0.05, 0) is 79.8 Å².